The molecule has 5 nitrogen and oxygen atoms in total. The standard InChI is InChI=1S/C16H18N2O3/c1-9-11(5-4-6-12(9)14(19)20)13-10(2)17-15(18-13)16(3)7-21-8-16/h4-6H,7-8H2,1-3H3,(H,17,18)(H,19,20). The first-order valence-corrected chi connectivity index (χ1v) is 6.90. The van der Waals surface area contributed by atoms with Gasteiger partial charge >= 0.3 is 5.97 Å². The molecule has 1 aromatic heterocycles. The summed E-state index contributed by atoms with van der Waals surface area (Å²) >= 11 is 0. The van der Waals surface area contributed by atoms with Crippen LogP contribution in [-0.4, -0.2) is 34.3 Å². The highest BCUT2D eigenvalue weighted by Crippen LogP contribution is 2.34. The SMILES string of the molecule is Cc1[nH]c(C2(C)COC2)nc1-c1cccc(C(=O)O)c1C. The minimum atomic E-state index is -0.915. The van der Waals surface area contributed by atoms with Crippen LogP contribution in [0, 0.1) is 13.8 Å². The zero-order chi connectivity index (χ0) is 15.2. The maximum atomic E-state index is 11.3. The summed E-state index contributed by atoms with van der Waals surface area (Å²) in [5, 5.41) is 9.24. The molecular weight excluding hydrogens is 268 g/mol. The average molecular weight is 286 g/mol. The lowest BCUT2D eigenvalue weighted by atomic mass is 9.88. The molecule has 1 aromatic carbocycles. The van der Waals surface area contributed by atoms with E-state index in [4.69, 9.17) is 9.72 Å². The van der Waals surface area contributed by atoms with Gasteiger partial charge in [0.2, 0.25) is 0 Å². The number of carboxylic acids is 1. The van der Waals surface area contributed by atoms with Crippen LogP contribution in [0.1, 0.15) is 34.4 Å². The Kier molecular flexibility index (Phi) is 3.10. The van der Waals surface area contributed by atoms with Crippen LogP contribution in [0.15, 0.2) is 18.2 Å². The number of rotatable bonds is 3. The monoisotopic (exact) mass is 286 g/mol. The van der Waals surface area contributed by atoms with Gasteiger partial charge in [0.15, 0.2) is 0 Å². The number of hydrogen-bond acceptors (Lipinski definition) is 3. The van der Waals surface area contributed by atoms with E-state index in [1.165, 1.54) is 0 Å². The fourth-order valence-electron chi connectivity index (χ4n) is 2.68. The number of aromatic carboxylic acids is 1. The molecule has 0 spiro atoms. The van der Waals surface area contributed by atoms with Crippen LogP contribution in [0.2, 0.25) is 0 Å². The van der Waals surface area contributed by atoms with E-state index in [0.717, 1.165) is 28.3 Å². The van der Waals surface area contributed by atoms with Gasteiger partial charge in [-0.05, 0) is 32.4 Å². The number of nitrogens with one attached hydrogen (secondary N) is 1. The Morgan fingerprint density at radius 2 is 2.10 bits per heavy atom. The number of imidazole rings is 1. The van der Waals surface area contributed by atoms with Crippen LogP contribution in [0.5, 0.6) is 0 Å². The molecule has 1 saturated heterocycles. The zero-order valence-electron chi connectivity index (χ0n) is 12.4. The molecule has 1 fully saturated rings. The topological polar surface area (TPSA) is 75.2 Å². The Labute approximate surface area is 123 Å². The Bertz CT molecular complexity index is 714. The number of H-pyrrole nitrogens is 1. The van der Waals surface area contributed by atoms with Gasteiger partial charge in [-0.15, -0.1) is 0 Å². The van der Waals surface area contributed by atoms with Crippen molar-refractivity contribution in [2.24, 2.45) is 0 Å². The minimum Gasteiger partial charge on any atom is -0.478 e. The Hall–Kier alpha value is -2.14. The first-order chi connectivity index (χ1) is 9.92. The van der Waals surface area contributed by atoms with Crippen molar-refractivity contribution in [3.05, 3.63) is 40.8 Å². The first kappa shape index (κ1) is 13.8. The summed E-state index contributed by atoms with van der Waals surface area (Å²) in [7, 11) is 0. The molecule has 0 unspecified atom stereocenters. The molecule has 0 amide bonds. The second-order valence-corrected chi connectivity index (χ2v) is 5.90. The van der Waals surface area contributed by atoms with E-state index in [0.29, 0.717) is 18.8 Å². The molecule has 5 heteroatoms. The van der Waals surface area contributed by atoms with E-state index in [-0.39, 0.29) is 5.41 Å². The number of aromatic amines is 1. The third-order valence-corrected chi connectivity index (χ3v) is 4.12. The number of ether oxygens (including phenoxy) is 1. The molecule has 0 saturated carbocycles. The third-order valence-electron chi connectivity index (χ3n) is 4.12. The van der Waals surface area contributed by atoms with Gasteiger partial charge in [-0.3, -0.25) is 0 Å². The summed E-state index contributed by atoms with van der Waals surface area (Å²) in [5.41, 5.74) is 3.61. The second kappa shape index (κ2) is 4.70. The summed E-state index contributed by atoms with van der Waals surface area (Å²) in [4.78, 5) is 19.3. The van der Waals surface area contributed by atoms with Crippen LogP contribution in [0.25, 0.3) is 11.3 Å². The van der Waals surface area contributed by atoms with Crippen molar-refractivity contribution in [2.75, 3.05) is 13.2 Å². The van der Waals surface area contributed by atoms with Gasteiger partial charge < -0.3 is 14.8 Å². The van der Waals surface area contributed by atoms with Crippen molar-refractivity contribution in [1.29, 1.82) is 0 Å². The molecule has 2 aromatic rings. The molecule has 1 aliphatic rings. The van der Waals surface area contributed by atoms with Crippen LogP contribution in [0.4, 0.5) is 0 Å². The fraction of sp³-hybridized carbons (Fsp3) is 0.375. The maximum Gasteiger partial charge on any atom is 0.335 e. The van der Waals surface area contributed by atoms with Gasteiger partial charge in [-0.2, -0.15) is 0 Å². The number of carboxylic acid groups (broad SMARTS) is 1. The largest absolute Gasteiger partial charge is 0.478 e. The predicted octanol–water partition coefficient (Wildman–Crippen LogP) is 2.68. The van der Waals surface area contributed by atoms with E-state index in [1.54, 1.807) is 12.1 Å². The molecule has 0 atom stereocenters. The molecule has 0 aliphatic carbocycles. The van der Waals surface area contributed by atoms with Crippen molar-refractivity contribution in [2.45, 2.75) is 26.2 Å². The van der Waals surface area contributed by atoms with E-state index in [1.807, 2.05) is 19.9 Å². The van der Waals surface area contributed by atoms with Crippen LogP contribution in [0.3, 0.4) is 0 Å². The number of carbonyl (C=O) groups is 1. The molecule has 0 bridgehead atoms. The molecule has 2 N–H and O–H groups in total. The second-order valence-electron chi connectivity index (χ2n) is 5.90. The molecule has 1 aliphatic heterocycles. The molecule has 3 rings (SSSR count). The van der Waals surface area contributed by atoms with Gasteiger partial charge in [0.25, 0.3) is 0 Å². The van der Waals surface area contributed by atoms with Crippen molar-refractivity contribution in [3.8, 4) is 11.3 Å². The van der Waals surface area contributed by atoms with E-state index in [9.17, 15) is 9.90 Å². The van der Waals surface area contributed by atoms with Gasteiger partial charge in [0, 0.05) is 11.3 Å². The van der Waals surface area contributed by atoms with Crippen molar-refractivity contribution in [1.82, 2.24) is 9.97 Å². The quantitative estimate of drug-likeness (QED) is 0.909. The summed E-state index contributed by atoms with van der Waals surface area (Å²) in [6.07, 6.45) is 0. The van der Waals surface area contributed by atoms with E-state index in [2.05, 4.69) is 11.9 Å². The number of hydrogen-bond donors (Lipinski definition) is 2. The highest BCUT2D eigenvalue weighted by Gasteiger charge is 2.38. The van der Waals surface area contributed by atoms with Crippen LogP contribution < -0.4 is 0 Å². The minimum absolute atomic E-state index is 0.0681. The third kappa shape index (κ3) is 2.14. The molecule has 110 valence electrons. The number of benzene rings is 1. The van der Waals surface area contributed by atoms with Gasteiger partial charge in [0.05, 0.1) is 29.9 Å². The molecule has 21 heavy (non-hydrogen) atoms. The van der Waals surface area contributed by atoms with Crippen LogP contribution >= 0.6 is 0 Å². The normalized spacial score (nSPS) is 16.5. The summed E-state index contributed by atoms with van der Waals surface area (Å²) in [5.74, 6) is -0.0107. The Balaban J connectivity index is 2.09. The predicted molar refractivity (Wildman–Crippen MR) is 78.6 cm³/mol. The lowest BCUT2D eigenvalue weighted by Crippen LogP contribution is -2.44. The number of aromatic nitrogens is 2. The molecule has 2 heterocycles. The van der Waals surface area contributed by atoms with Crippen molar-refractivity contribution < 1.29 is 14.6 Å². The fourth-order valence-corrected chi connectivity index (χ4v) is 2.68. The van der Waals surface area contributed by atoms with Crippen molar-refractivity contribution >= 4 is 5.97 Å². The lowest BCUT2D eigenvalue weighted by molar-refractivity contribution is -0.0539. The summed E-state index contributed by atoms with van der Waals surface area (Å²) < 4.78 is 5.28. The Morgan fingerprint density at radius 1 is 1.38 bits per heavy atom. The molecular formula is C16H18N2O3. The lowest BCUT2D eigenvalue weighted by Gasteiger charge is -2.36. The van der Waals surface area contributed by atoms with Crippen LogP contribution in [-0.2, 0) is 10.2 Å². The van der Waals surface area contributed by atoms with Gasteiger partial charge in [0.1, 0.15) is 5.82 Å². The number of aryl methyl sites for hydroxylation is 1. The van der Waals surface area contributed by atoms with Gasteiger partial charge in [-0.25, -0.2) is 9.78 Å². The van der Waals surface area contributed by atoms with Gasteiger partial charge in [-0.1, -0.05) is 12.1 Å². The molecule has 0 radical (unpaired) electrons. The number of nitrogens with zero attached hydrogens (tertiary/aromatic N) is 1. The summed E-state index contributed by atoms with van der Waals surface area (Å²) in [6.45, 7) is 7.21. The highest BCUT2D eigenvalue weighted by atomic mass is 16.5. The van der Waals surface area contributed by atoms with E-state index >= 15 is 0 Å². The smallest absolute Gasteiger partial charge is 0.335 e. The highest BCUT2D eigenvalue weighted by molar-refractivity contribution is 5.91. The maximum absolute atomic E-state index is 11.3. The zero-order valence-corrected chi connectivity index (χ0v) is 12.4. The first-order valence-electron chi connectivity index (χ1n) is 6.90. The van der Waals surface area contributed by atoms with E-state index < -0.39 is 5.97 Å². The summed E-state index contributed by atoms with van der Waals surface area (Å²) in [6, 6.07) is 5.28. The Morgan fingerprint density at radius 3 is 2.67 bits per heavy atom. The van der Waals surface area contributed by atoms with Crippen molar-refractivity contribution in [3.63, 3.8) is 0 Å². The average Bonchev–Trinajstić information content (AvgIpc) is 2.78.